The fourth-order valence-electron chi connectivity index (χ4n) is 4.03. The molecule has 0 aliphatic carbocycles. The van der Waals surface area contributed by atoms with Crippen molar-refractivity contribution in [3.63, 3.8) is 0 Å². The first kappa shape index (κ1) is 22.5. The average Bonchev–Trinajstić information content (AvgIpc) is 3.18. The Labute approximate surface area is 195 Å². The van der Waals surface area contributed by atoms with Crippen LogP contribution in [0.5, 0.6) is 5.75 Å². The highest BCUT2D eigenvalue weighted by atomic mass is 127. The van der Waals surface area contributed by atoms with Crippen LogP contribution >= 0.6 is 24.0 Å². The number of likely N-dealkylation sites (tertiary alicyclic amines) is 1. The summed E-state index contributed by atoms with van der Waals surface area (Å²) in [6.45, 7) is 2.87. The van der Waals surface area contributed by atoms with Crippen LogP contribution in [0.15, 0.2) is 65.8 Å². The summed E-state index contributed by atoms with van der Waals surface area (Å²) in [5, 5.41) is 4.87. The lowest BCUT2D eigenvalue weighted by Crippen LogP contribution is -2.47. The van der Waals surface area contributed by atoms with E-state index in [1.165, 1.54) is 16.5 Å². The van der Waals surface area contributed by atoms with Crippen molar-refractivity contribution in [2.75, 3.05) is 26.7 Å². The van der Waals surface area contributed by atoms with Gasteiger partial charge in [-0.15, -0.1) is 24.0 Å². The van der Waals surface area contributed by atoms with Gasteiger partial charge in [-0.3, -0.25) is 4.99 Å². The molecule has 2 heterocycles. The Bertz CT molecular complexity index is 933. The molecular weight excluding hydrogens is 487 g/mol. The van der Waals surface area contributed by atoms with Gasteiger partial charge in [0.25, 0.3) is 0 Å². The lowest BCUT2D eigenvalue weighted by Gasteiger charge is -2.34. The maximum absolute atomic E-state index is 6.10. The van der Waals surface area contributed by atoms with Gasteiger partial charge in [-0.1, -0.05) is 36.4 Å². The van der Waals surface area contributed by atoms with Crippen molar-refractivity contribution in [2.45, 2.75) is 31.8 Å². The molecule has 5 nitrogen and oxygen atoms in total. The van der Waals surface area contributed by atoms with Gasteiger partial charge < -0.3 is 19.9 Å². The maximum atomic E-state index is 6.10. The van der Waals surface area contributed by atoms with Crippen molar-refractivity contribution < 1.29 is 4.74 Å². The summed E-state index contributed by atoms with van der Waals surface area (Å²) in [5.41, 5.74) is 2.60. The number of nitrogens with zero attached hydrogens (tertiary/aromatic N) is 2. The molecule has 1 fully saturated rings. The number of ether oxygens (including phenoxy) is 1. The summed E-state index contributed by atoms with van der Waals surface area (Å²) in [5.74, 6) is 1.97. The van der Waals surface area contributed by atoms with Crippen molar-refractivity contribution in [3.05, 3.63) is 66.4 Å². The standard InChI is InChI=1S/C24H30N4O.HI/c1-25-24(26-15-7-8-19-18-27-23-12-6-5-11-22(19)23)28-16-13-21(14-17-28)29-20-9-3-2-4-10-20;/h2-6,9-12,18,21,27H,7-8,13-17H2,1H3,(H,25,26);1H. The number of hydrogen-bond acceptors (Lipinski definition) is 2. The number of para-hydroxylation sites is 2. The van der Waals surface area contributed by atoms with E-state index < -0.39 is 0 Å². The number of nitrogens with one attached hydrogen (secondary N) is 2. The first-order valence-corrected chi connectivity index (χ1v) is 10.6. The summed E-state index contributed by atoms with van der Waals surface area (Å²) >= 11 is 0. The lowest BCUT2D eigenvalue weighted by molar-refractivity contribution is 0.129. The van der Waals surface area contributed by atoms with Crippen LogP contribution in [0.1, 0.15) is 24.8 Å². The van der Waals surface area contributed by atoms with Gasteiger partial charge in [-0.2, -0.15) is 0 Å². The number of piperidine rings is 1. The first-order chi connectivity index (χ1) is 14.3. The number of aliphatic imine (C=N–C) groups is 1. The molecular formula is C24H31IN4O. The number of aryl methyl sites for hydroxylation is 1. The topological polar surface area (TPSA) is 52.7 Å². The zero-order valence-corrected chi connectivity index (χ0v) is 19.8. The van der Waals surface area contributed by atoms with E-state index in [4.69, 9.17) is 4.74 Å². The summed E-state index contributed by atoms with van der Waals surface area (Å²) < 4.78 is 6.10. The summed E-state index contributed by atoms with van der Waals surface area (Å²) in [6.07, 6.45) is 6.59. The maximum Gasteiger partial charge on any atom is 0.193 e. The average molecular weight is 518 g/mol. The van der Waals surface area contributed by atoms with E-state index in [0.29, 0.717) is 0 Å². The molecule has 1 aliphatic rings. The van der Waals surface area contributed by atoms with Crippen molar-refractivity contribution in [1.29, 1.82) is 0 Å². The van der Waals surface area contributed by atoms with Crippen LogP contribution in [0.3, 0.4) is 0 Å². The Balaban J connectivity index is 0.00000256. The van der Waals surface area contributed by atoms with Gasteiger partial charge in [-0.25, -0.2) is 0 Å². The van der Waals surface area contributed by atoms with Gasteiger partial charge in [0, 0.05) is 56.6 Å². The number of H-pyrrole nitrogens is 1. The molecule has 1 aromatic heterocycles. The molecule has 0 atom stereocenters. The predicted octanol–water partition coefficient (Wildman–Crippen LogP) is 4.84. The van der Waals surface area contributed by atoms with E-state index in [9.17, 15) is 0 Å². The second-order valence-electron chi connectivity index (χ2n) is 7.55. The fraction of sp³-hybridized carbons (Fsp3) is 0.375. The largest absolute Gasteiger partial charge is 0.490 e. The van der Waals surface area contributed by atoms with Gasteiger partial charge in [0.1, 0.15) is 11.9 Å². The molecule has 0 bridgehead atoms. The Morgan fingerprint density at radius 2 is 1.83 bits per heavy atom. The number of aromatic amines is 1. The number of guanidine groups is 1. The zero-order chi connectivity index (χ0) is 19.9. The van der Waals surface area contributed by atoms with E-state index in [1.54, 1.807) is 0 Å². The number of benzene rings is 2. The molecule has 1 saturated heterocycles. The highest BCUT2D eigenvalue weighted by Crippen LogP contribution is 2.20. The molecule has 0 spiro atoms. The molecule has 160 valence electrons. The van der Waals surface area contributed by atoms with Crippen LogP contribution in [-0.4, -0.2) is 48.6 Å². The van der Waals surface area contributed by atoms with Crippen LogP contribution in [0, 0.1) is 0 Å². The van der Waals surface area contributed by atoms with E-state index in [0.717, 1.165) is 57.0 Å². The van der Waals surface area contributed by atoms with Crippen molar-refractivity contribution in [1.82, 2.24) is 15.2 Å². The number of halogens is 1. The summed E-state index contributed by atoms with van der Waals surface area (Å²) in [7, 11) is 1.87. The summed E-state index contributed by atoms with van der Waals surface area (Å²) in [6, 6.07) is 18.6. The van der Waals surface area contributed by atoms with Gasteiger partial charge in [-0.05, 0) is 36.6 Å². The molecule has 6 heteroatoms. The Morgan fingerprint density at radius 3 is 2.60 bits per heavy atom. The third-order valence-electron chi connectivity index (χ3n) is 5.58. The highest BCUT2D eigenvalue weighted by Gasteiger charge is 2.22. The van der Waals surface area contributed by atoms with Crippen molar-refractivity contribution in [3.8, 4) is 5.75 Å². The molecule has 2 aromatic carbocycles. The number of rotatable bonds is 6. The molecule has 0 radical (unpaired) electrons. The normalized spacial score (nSPS) is 15.1. The third-order valence-corrected chi connectivity index (χ3v) is 5.58. The minimum Gasteiger partial charge on any atom is -0.490 e. The van der Waals surface area contributed by atoms with E-state index in [-0.39, 0.29) is 30.1 Å². The molecule has 0 amide bonds. The van der Waals surface area contributed by atoms with Gasteiger partial charge in [0.05, 0.1) is 0 Å². The predicted molar refractivity (Wildman–Crippen MR) is 135 cm³/mol. The Hall–Kier alpha value is -2.22. The van der Waals surface area contributed by atoms with Gasteiger partial charge in [0.15, 0.2) is 5.96 Å². The first-order valence-electron chi connectivity index (χ1n) is 10.6. The second kappa shape index (κ2) is 11.2. The van der Waals surface area contributed by atoms with Gasteiger partial charge in [0.2, 0.25) is 0 Å². The molecule has 0 unspecified atom stereocenters. The monoisotopic (exact) mass is 518 g/mol. The van der Waals surface area contributed by atoms with Crippen LogP contribution < -0.4 is 10.1 Å². The lowest BCUT2D eigenvalue weighted by atomic mass is 10.1. The van der Waals surface area contributed by atoms with Crippen molar-refractivity contribution in [2.24, 2.45) is 4.99 Å². The molecule has 2 N–H and O–H groups in total. The zero-order valence-electron chi connectivity index (χ0n) is 17.5. The number of hydrogen-bond donors (Lipinski definition) is 2. The fourth-order valence-corrected chi connectivity index (χ4v) is 4.03. The summed E-state index contributed by atoms with van der Waals surface area (Å²) in [4.78, 5) is 10.2. The number of aromatic nitrogens is 1. The minimum atomic E-state index is 0. The molecule has 30 heavy (non-hydrogen) atoms. The quantitative estimate of drug-likeness (QED) is 0.213. The number of fused-ring (bicyclic) bond motifs is 1. The van der Waals surface area contributed by atoms with Crippen LogP contribution in [0.25, 0.3) is 10.9 Å². The highest BCUT2D eigenvalue weighted by molar-refractivity contribution is 14.0. The van der Waals surface area contributed by atoms with Gasteiger partial charge >= 0.3 is 0 Å². The minimum absolute atomic E-state index is 0. The Morgan fingerprint density at radius 1 is 1.10 bits per heavy atom. The van der Waals surface area contributed by atoms with E-state index in [2.05, 4.69) is 50.7 Å². The second-order valence-corrected chi connectivity index (χ2v) is 7.55. The molecule has 4 rings (SSSR count). The molecule has 0 saturated carbocycles. The molecule has 1 aliphatic heterocycles. The Kier molecular flexibility index (Phi) is 8.42. The smallest absolute Gasteiger partial charge is 0.193 e. The SMILES string of the molecule is CN=C(NCCCc1c[nH]c2ccccc12)N1CCC(Oc2ccccc2)CC1.I. The van der Waals surface area contributed by atoms with Crippen LogP contribution in [0.4, 0.5) is 0 Å². The van der Waals surface area contributed by atoms with Crippen molar-refractivity contribution >= 4 is 40.8 Å². The van der Waals surface area contributed by atoms with Crippen LogP contribution in [-0.2, 0) is 6.42 Å². The van der Waals surface area contributed by atoms with E-state index >= 15 is 0 Å². The van der Waals surface area contributed by atoms with Crippen LogP contribution in [0.2, 0.25) is 0 Å². The van der Waals surface area contributed by atoms with E-state index in [1.807, 2.05) is 37.4 Å². The third kappa shape index (κ3) is 5.68. The molecule has 3 aromatic rings.